The Hall–Kier alpha value is -5.08. The van der Waals surface area contributed by atoms with Gasteiger partial charge >= 0.3 is 6.09 Å². The number of aromatic hydroxyl groups is 1. The first-order valence-corrected chi connectivity index (χ1v) is 21.9. The van der Waals surface area contributed by atoms with Crippen molar-refractivity contribution in [2.45, 2.75) is 102 Å². The molecule has 62 heavy (non-hydrogen) atoms. The van der Waals surface area contributed by atoms with E-state index in [1.807, 2.05) is 69.3 Å². The number of aliphatic hydroxyl groups is 2. The third kappa shape index (κ3) is 10.2. The highest BCUT2D eigenvalue weighted by Crippen LogP contribution is 2.62. The molecule has 0 radical (unpaired) electrons. The Kier molecular flexibility index (Phi) is 14.8. The number of hydrogen-bond acceptors (Lipinski definition) is 12. The summed E-state index contributed by atoms with van der Waals surface area (Å²) in [5.74, 6) is -0.463. The molecule has 0 saturated heterocycles. The minimum atomic E-state index is -1.51. The Balaban J connectivity index is 1.37. The van der Waals surface area contributed by atoms with Crippen molar-refractivity contribution in [3.05, 3.63) is 108 Å². The fourth-order valence-corrected chi connectivity index (χ4v) is 9.42. The van der Waals surface area contributed by atoms with Crippen molar-refractivity contribution in [3.63, 3.8) is 0 Å². The number of fused-ring (bicyclic) bond motifs is 3. The van der Waals surface area contributed by atoms with Crippen LogP contribution in [0.4, 0.5) is 4.79 Å². The number of rotatable bonds is 20. The molecule has 334 valence electrons. The van der Waals surface area contributed by atoms with Gasteiger partial charge in [-0.1, -0.05) is 66.5 Å². The van der Waals surface area contributed by atoms with Gasteiger partial charge in [-0.25, -0.2) is 4.79 Å². The molecule has 0 spiro atoms. The van der Waals surface area contributed by atoms with Crippen LogP contribution in [0.3, 0.4) is 0 Å². The lowest BCUT2D eigenvalue weighted by Crippen LogP contribution is -2.70. The fourth-order valence-electron chi connectivity index (χ4n) is 9.42. The van der Waals surface area contributed by atoms with Gasteiger partial charge in [-0.2, -0.15) is 0 Å². The molecule has 1 amide bonds. The third-order valence-corrected chi connectivity index (χ3v) is 12.1. The molecule has 13 nitrogen and oxygen atoms in total. The lowest BCUT2D eigenvalue weighted by Gasteiger charge is -2.59. The standard InChI is InChI=1S/C49H62N2O11/c1-5-23-60-49-44(51(30-34-17-19-42-43(26-34)59-32-58-42)47(55)57-25-24-56-31-33-13-7-6-8-14-33)29-40(50-62-48(2,3)4)38-27-35(15-9-11-21-52)37(16-10-12-22-53)45(46(38)49)39-28-36(54)18-20-41(39)61-49/h5-8,13-14,17-20,26-28,35,37,44-46,52-54H,1,9-12,15-16,21-25,29-32H2,2-4H3. The Bertz CT molecular complexity index is 2050. The molecule has 2 heterocycles. The number of amides is 1. The predicted molar refractivity (Wildman–Crippen MR) is 233 cm³/mol. The average molecular weight is 855 g/mol. The molecule has 1 fully saturated rings. The van der Waals surface area contributed by atoms with Crippen molar-refractivity contribution in [3.8, 4) is 23.0 Å². The van der Waals surface area contributed by atoms with Crippen LogP contribution in [0, 0.1) is 17.8 Å². The molecule has 13 heteroatoms. The van der Waals surface area contributed by atoms with Crippen LogP contribution in [-0.2, 0) is 32.2 Å². The van der Waals surface area contributed by atoms with Crippen molar-refractivity contribution >= 4 is 11.8 Å². The zero-order valence-electron chi connectivity index (χ0n) is 36.2. The second kappa shape index (κ2) is 20.4. The number of ether oxygens (including phenoxy) is 6. The van der Waals surface area contributed by atoms with Gasteiger partial charge in [0, 0.05) is 37.7 Å². The summed E-state index contributed by atoms with van der Waals surface area (Å²) in [4.78, 5) is 22.8. The molecule has 2 aliphatic heterocycles. The van der Waals surface area contributed by atoms with Gasteiger partial charge in [0.1, 0.15) is 29.7 Å². The summed E-state index contributed by atoms with van der Waals surface area (Å²) in [7, 11) is 0. The van der Waals surface area contributed by atoms with E-state index in [0.29, 0.717) is 42.4 Å². The molecule has 0 bridgehead atoms. The number of hydrogen-bond donors (Lipinski definition) is 3. The molecule has 3 aromatic carbocycles. The first-order chi connectivity index (χ1) is 30.0. The van der Waals surface area contributed by atoms with E-state index in [2.05, 4.69) is 12.7 Å². The van der Waals surface area contributed by atoms with Gasteiger partial charge in [-0.05, 0) is 105 Å². The van der Waals surface area contributed by atoms with Gasteiger partial charge in [0.15, 0.2) is 11.5 Å². The van der Waals surface area contributed by atoms with E-state index in [1.54, 1.807) is 29.2 Å². The Morgan fingerprint density at radius 2 is 1.69 bits per heavy atom. The number of benzene rings is 3. The molecular weight excluding hydrogens is 793 g/mol. The lowest BCUT2D eigenvalue weighted by molar-refractivity contribution is -0.256. The van der Waals surface area contributed by atoms with Gasteiger partial charge < -0.3 is 48.6 Å². The highest BCUT2D eigenvalue weighted by atomic mass is 16.7. The number of nitrogens with zero attached hydrogens (tertiary/aromatic N) is 2. The smallest absolute Gasteiger partial charge is 0.410 e. The normalized spacial score (nSPS) is 24.0. The summed E-state index contributed by atoms with van der Waals surface area (Å²) in [5, 5.41) is 35.7. The summed E-state index contributed by atoms with van der Waals surface area (Å²) in [6.45, 7) is 10.8. The number of phenols is 1. The Morgan fingerprint density at radius 3 is 2.45 bits per heavy atom. The minimum Gasteiger partial charge on any atom is -0.508 e. The maximum Gasteiger partial charge on any atom is 0.410 e. The summed E-state index contributed by atoms with van der Waals surface area (Å²) in [6, 6.07) is 19.7. The van der Waals surface area contributed by atoms with Crippen molar-refractivity contribution in [2.75, 3.05) is 39.8 Å². The van der Waals surface area contributed by atoms with Crippen LogP contribution < -0.4 is 14.2 Å². The second-order valence-electron chi connectivity index (χ2n) is 17.5. The predicted octanol–water partition coefficient (Wildman–Crippen LogP) is 8.41. The van der Waals surface area contributed by atoms with Crippen LogP contribution in [-0.4, -0.2) is 89.3 Å². The molecule has 6 unspecified atom stereocenters. The van der Waals surface area contributed by atoms with Crippen LogP contribution in [0.5, 0.6) is 23.0 Å². The summed E-state index contributed by atoms with van der Waals surface area (Å²) in [6.07, 6.45) is 7.98. The van der Waals surface area contributed by atoms with E-state index in [9.17, 15) is 20.1 Å². The number of carbonyl (C=O) groups excluding carboxylic acids is 1. The topological polar surface area (TPSA) is 158 Å². The second-order valence-corrected chi connectivity index (χ2v) is 17.5. The van der Waals surface area contributed by atoms with E-state index >= 15 is 0 Å². The molecule has 2 aliphatic carbocycles. The average Bonchev–Trinajstić information content (AvgIpc) is 3.73. The van der Waals surface area contributed by atoms with Crippen LogP contribution >= 0.6 is 0 Å². The fraction of sp³-hybridized carbons (Fsp3) is 0.510. The largest absolute Gasteiger partial charge is 0.508 e. The van der Waals surface area contributed by atoms with Crippen molar-refractivity contribution in [1.82, 2.24) is 4.90 Å². The van der Waals surface area contributed by atoms with E-state index in [0.717, 1.165) is 47.9 Å². The van der Waals surface area contributed by atoms with Gasteiger partial charge in [-0.3, -0.25) is 4.90 Å². The molecule has 4 aliphatic rings. The third-order valence-electron chi connectivity index (χ3n) is 12.1. The monoisotopic (exact) mass is 854 g/mol. The molecule has 6 atom stereocenters. The maximum atomic E-state index is 14.9. The van der Waals surface area contributed by atoms with E-state index in [4.69, 9.17) is 38.4 Å². The Morgan fingerprint density at radius 1 is 0.935 bits per heavy atom. The zero-order chi connectivity index (χ0) is 43.7. The quantitative estimate of drug-likeness (QED) is 0.0570. The van der Waals surface area contributed by atoms with E-state index < -0.39 is 29.4 Å². The molecule has 7 rings (SSSR count). The van der Waals surface area contributed by atoms with Crippen LogP contribution in [0.1, 0.15) is 88.3 Å². The molecule has 3 N–H and O–H groups in total. The van der Waals surface area contributed by atoms with Crippen LogP contribution in [0.25, 0.3) is 0 Å². The van der Waals surface area contributed by atoms with Crippen molar-refractivity contribution < 1.29 is 53.4 Å². The van der Waals surface area contributed by atoms with Gasteiger partial charge in [0.25, 0.3) is 0 Å². The minimum absolute atomic E-state index is 0.00436. The first kappa shape index (κ1) is 45.0. The number of unbranched alkanes of at least 4 members (excludes halogenated alkanes) is 2. The van der Waals surface area contributed by atoms with Crippen LogP contribution in [0.15, 0.2) is 96.2 Å². The van der Waals surface area contributed by atoms with Gasteiger partial charge in [0.2, 0.25) is 12.6 Å². The molecule has 0 aromatic heterocycles. The molecule has 3 aromatic rings. The summed E-state index contributed by atoms with van der Waals surface area (Å²) in [5.41, 5.74) is 3.52. The Labute approximate surface area is 364 Å². The van der Waals surface area contributed by atoms with Gasteiger partial charge in [-0.15, -0.1) is 6.58 Å². The maximum absolute atomic E-state index is 14.9. The summed E-state index contributed by atoms with van der Waals surface area (Å²) >= 11 is 0. The van der Waals surface area contributed by atoms with E-state index in [1.165, 1.54) is 0 Å². The van der Waals surface area contributed by atoms with E-state index in [-0.39, 0.29) is 76.3 Å². The lowest BCUT2D eigenvalue weighted by atomic mass is 9.55. The molecule has 1 saturated carbocycles. The SMILES string of the molecule is C=CCOC12Oc3ccc(O)cc3C3C(CCCCO)C(CCCCO)C=C(C(=NOC(C)(C)C)CC1N(Cc1ccc4c(c1)OCO4)C(=O)OCCOCc1ccccc1)C32. The van der Waals surface area contributed by atoms with Crippen LogP contribution in [0.2, 0.25) is 0 Å². The number of phenolic OH excluding ortho intramolecular Hbond substituents is 1. The van der Waals surface area contributed by atoms with Gasteiger partial charge in [0.05, 0.1) is 31.5 Å². The highest BCUT2D eigenvalue weighted by molar-refractivity contribution is 6.03. The highest BCUT2D eigenvalue weighted by Gasteiger charge is 2.65. The molecular formula is C49H62N2O11. The number of carbonyl (C=O) groups is 1. The summed E-state index contributed by atoms with van der Waals surface area (Å²) < 4.78 is 37.7. The van der Waals surface area contributed by atoms with Crippen molar-refractivity contribution in [1.29, 1.82) is 0 Å². The van der Waals surface area contributed by atoms with Crippen molar-refractivity contribution in [2.24, 2.45) is 22.9 Å². The number of aliphatic hydroxyl groups excluding tert-OH is 2. The zero-order valence-corrected chi connectivity index (χ0v) is 36.2. The number of oxime groups is 1. The number of allylic oxidation sites excluding steroid dienone is 1. The first-order valence-electron chi connectivity index (χ1n) is 21.9.